The lowest BCUT2D eigenvalue weighted by Crippen LogP contribution is -2.26. The van der Waals surface area contributed by atoms with Gasteiger partial charge in [-0.3, -0.25) is 9.59 Å². The molecule has 0 fully saturated rings. The van der Waals surface area contributed by atoms with Crippen molar-refractivity contribution in [2.24, 2.45) is 5.73 Å². The molecule has 2 aromatic rings. The van der Waals surface area contributed by atoms with Crippen molar-refractivity contribution in [3.05, 3.63) is 22.2 Å². The number of aromatic nitrogens is 1. The summed E-state index contributed by atoms with van der Waals surface area (Å²) < 4.78 is 0. The van der Waals surface area contributed by atoms with Crippen molar-refractivity contribution in [2.75, 3.05) is 18.9 Å². The lowest BCUT2D eigenvalue weighted by atomic mass is 10.1. The Morgan fingerprint density at radius 3 is 2.80 bits per heavy atom. The van der Waals surface area contributed by atoms with Crippen LogP contribution in [-0.2, 0) is 0 Å². The SMILES string of the molecule is Cc1cc(C(=O)NCCO)c2c(N)c(C(N)=O)sc2n1. The average molecular weight is 294 g/mol. The van der Waals surface area contributed by atoms with Crippen LogP contribution in [0.5, 0.6) is 0 Å². The number of aliphatic hydroxyl groups excluding tert-OH is 1. The molecule has 6 N–H and O–H groups in total. The molecular formula is C12H14N4O3S. The summed E-state index contributed by atoms with van der Waals surface area (Å²) in [5.41, 5.74) is 12.3. The first-order valence-electron chi connectivity index (χ1n) is 5.84. The van der Waals surface area contributed by atoms with E-state index >= 15 is 0 Å². The fraction of sp³-hybridized carbons (Fsp3) is 0.250. The van der Waals surface area contributed by atoms with Crippen LogP contribution < -0.4 is 16.8 Å². The van der Waals surface area contributed by atoms with Crippen LogP contribution in [0.2, 0.25) is 0 Å². The number of nitrogens with one attached hydrogen (secondary N) is 1. The Labute approximate surface area is 118 Å². The number of carbonyl (C=O) groups excluding carboxylic acids is 2. The van der Waals surface area contributed by atoms with Crippen LogP contribution in [0.1, 0.15) is 25.7 Å². The zero-order valence-corrected chi connectivity index (χ0v) is 11.6. The molecule has 0 unspecified atom stereocenters. The summed E-state index contributed by atoms with van der Waals surface area (Å²) >= 11 is 1.06. The Balaban J connectivity index is 2.64. The molecule has 2 rings (SSSR count). The average Bonchev–Trinajstić information content (AvgIpc) is 2.72. The molecule has 7 nitrogen and oxygen atoms in total. The zero-order valence-electron chi connectivity index (χ0n) is 10.8. The van der Waals surface area contributed by atoms with Gasteiger partial charge in [0.05, 0.1) is 17.9 Å². The lowest BCUT2D eigenvalue weighted by molar-refractivity contribution is 0.0945. The lowest BCUT2D eigenvalue weighted by Gasteiger charge is -2.06. The second-order valence-electron chi connectivity index (χ2n) is 4.18. The molecule has 106 valence electrons. The highest BCUT2D eigenvalue weighted by molar-refractivity contribution is 7.21. The van der Waals surface area contributed by atoms with Gasteiger partial charge < -0.3 is 21.9 Å². The molecular weight excluding hydrogens is 280 g/mol. The fourth-order valence-corrected chi connectivity index (χ4v) is 2.89. The zero-order chi connectivity index (χ0) is 14.9. The summed E-state index contributed by atoms with van der Waals surface area (Å²) in [5.74, 6) is -1.03. The van der Waals surface area contributed by atoms with E-state index in [-0.39, 0.29) is 29.6 Å². The Hall–Kier alpha value is -2.19. The Morgan fingerprint density at radius 2 is 2.20 bits per heavy atom. The van der Waals surface area contributed by atoms with Crippen LogP contribution in [-0.4, -0.2) is 35.1 Å². The smallest absolute Gasteiger partial charge is 0.260 e. The van der Waals surface area contributed by atoms with Gasteiger partial charge in [-0.25, -0.2) is 4.98 Å². The minimum atomic E-state index is -0.648. The van der Waals surface area contributed by atoms with Gasteiger partial charge in [-0.15, -0.1) is 11.3 Å². The molecule has 0 saturated carbocycles. The molecule has 8 heteroatoms. The highest BCUT2D eigenvalue weighted by Gasteiger charge is 2.21. The van der Waals surface area contributed by atoms with Crippen LogP contribution in [0.25, 0.3) is 10.2 Å². The number of nitrogens with two attached hydrogens (primary N) is 2. The number of fused-ring (bicyclic) bond motifs is 1. The number of aliphatic hydroxyl groups is 1. The van der Waals surface area contributed by atoms with Crippen LogP contribution in [0, 0.1) is 6.92 Å². The molecule has 20 heavy (non-hydrogen) atoms. The van der Waals surface area contributed by atoms with E-state index in [2.05, 4.69) is 10.3 Å². The van der Waals surface area contributed by atoms with E-state index in [1.54, 1.807) is 13.0 Å². The normalized spacial score (nSPS) is 10.7. The van der Waals surface area contributed by atoms with Gasteiger partial charge in [0.15, 0.2) is 0 Å². The number of aryl methyl sites for hydroxylation is 1. The summed E-state index contributed by atoms with van der Waals surface area (Å²) in [6.45, 7) is 1.71. The molecule has 2 aromatic heterocycles. The first kappa shape index (κ1) is 14.2. The van der Waals surface area contributed by atoms with Crippen molar-refractivity contribution in [1.29, 1.82) is 0 Å². The molecule has 0 saturated heterocycles. The number of anilines is 1. The van der Waals surface area contributed by atoms with Gasteiger partial charge in [0.25, 0.3) is 11.8 Å². The first-order valence-corrected chi connectivity index (χ1v) is 6.65. The summed E-state index contributed by atoms with van der Waals surface area (Å²) in [5, 5.41) is 11.7. The number of amides is 2. The van der Waals surface area contributed by atoms with E-state index in [1.165, 1.54) is 0 Å². The molecule has 0 aliphatic heterocycles. The van der Waals surface area contributed by atoms with Crippen LogP contribution in [0.15, 0.2) is 6.07 Å². The number of hydrogen-bond acceptors (Lipinski definition) is 6. The maximum Gasteiger partial charge on any atom is 0.260 e. The van der Waals surface area contributed by atoms with Gasteiger partial charge in [-0.05, 0) is 13.0 Å². The standard InChI is InChI=1S/C12H14N4O3S/c1-5-4-6(11(19)15-2-3-17)7-8(13)9(10(14)18)20-12(7)16-5/h4,17H,2-3,13H2,1H3,(H2,14,18)(H,15,19). The quantitative estimate of drug-likeness (QED) is 0.630. The van der Waals surface area contributed by atoms with E-state index in [0.717, 1.165) is 11.3 Å². The van der Waals surface area contributed by atoms with Crippen molar-refractivity contribution in [3.8, 4) is 0 Å². The predicted molar refractivity (Wildman–Crippen MR) is 76.7 cm³/mol. The summed E-state index contributed by atoms with van der Waals surface area (Å²) in [6, 6.07) is 1.59. The van der Waals surface area contributed by atoms with Gasteiger partial charge in [-0.1, -0.05) is 0 Å². The van der Waals surface area contributed by atoms with Crippen molar-refractivity contribution < 1.29 is 14.7 Å². The molecule has 2 amide bonds. The number of hydrogen-bond donors (Lipinski definition) is 4. The molecule has 0 spiro atoms. The first-order chi connectivity index (χ1) is 9.45. The van der Waals surface area contributed by atoms with Gasteiger partial charge in [0.1, 0.15) is 9.71 Å². The van der Waals surface area contributed by atoms with E-state index in [4.69, 9.17) is 16.6 Å². The second-order valence-corrected chi connectivity index (χ2v) is 5.18. The van der Waals surface area contributed by atoms with Crippen molar-refractivity contribution in [1.82, 2.24) is 10.3 Å². The van der Waals surface area contributed by atoms with Crippen LogP contribution in [0.4, 0.5) is 5.69 Å². The molecule has 2 heterocycles. The number of carbonyl (C=O) groups is 2. The maximum atomic E-state index is 12.1. The summed E-state index contributed by atoms with van der Waals surface area (Å²) in [4.78, 5) is 28.3. The number of rotatable bonds is 4. The largest absolute Gasteiger partial charge is 0.397 e. The highest BCUT2D eigenvalue weighted by atomic mass is 32.1. The Bertz CT molecular complexity index is 696. The summed E-state index contributed by atoms with van der Waals surface area (Å²) in [7, 11) is 0. The summed E-state index contributed by atoms with van der Waals surface area (Å²) in [6.07, 6.45) is 0. The molecule has 0 aliphatic rings. The molecule has 0 aromatic carbocycles. The second kappa shape index (κ2) is 5.43. The molecule has 0 aliphatic carbocycles. The minimum absolute atomic E-state index is 0.133. The number of nitrogens with zero attached hydrogens (tertiary/aromatic N) is 1. The van der Waals surface area contributed by atoms with Gasteiger partial charge in [0, 0.05) is 17.6 Å². The fourth-order valence-electron chi connectivity index (χ4n) is 1.87. The number of nitrogen functional groups attached to an aromatic ring is 1. The minimum Gasteiger partial charge on any atom is -0.397 e. The maximum absolute atomic E-state index is 12.1. The van der Waals surface area contributed by atoms with Crippen LogP contribution >= 0.6 is 11.3 Å². The van der Waals surface area contributed by atoms with E-state index in [0.29, 0.717) is 21.5 Å². The van der Waals surface area contributed by atoms with Crippen molar-refractivity contribution >= 4 is 39.1 Å². The molecule has 0 radical (unpaired) electrons. The van der Waals surface area contributed by atoms with Crippen molar-refractivity contribution in [3.63, 3.8) is 0 Å². The third-order valence-electron chi connectivity index (χ3n) is 2.69. The Morgan fingerprint density at radius 1 is 1.50 bits per heavy atom. The number of primary amides is 1. The molecule has 0 atom stereocenters. The third-order valence-corrected chi connectivity index (χ3v) is 3.81. The van der Waals surface area contributed by atoms with Gasteiger partial charge in [-0.2, -0.15) is 0 Å². The topological polar surface area (TPSA) is 131 Å². The predicted octanol–water partition coefficient (Wildman–Crippen LogP) is 0.00792. The monoisotopic (exact) mass is 294 g/mol. The third kappa shape index (κ3) is 2.43. The van der Waals surface area contributed by atoms with E-state index in [9.17, 15) is 9.59 Å². The van der Waals surface area contributed by atoms with Gasteiger partial charge >= 0.3 is 0 Å². The van der Waals surface area contributed by atoms with Crippen molar-refractivity contribution in [2.45, 2.75) is 6.92 Å². The Kier molecular flexibility index (Phi) is 3.86. The van der Waals surface area contributed by atoms with E-state index in [1.807, 2.05) is 0 Å². The van der Waals surface area contributed by atoms with Gasteiger partial charge in [0.2, 0.25) is 0 Å². The highest BCUT2D eigenvalue weighted by Crippen LogP contribution is 2.34. The number of thiophene rings is 1. The van der Waals surface area contributed by atoms with E-state index < -0.39 is 5.91 Å². The molecule has 0 bridgehead atoms. The number of pyridine rings is 1. The van der Waals surface area contributed by atoms with Crippen LogP contribution in [0.3, 0.4) is 0 Å².